The molecule has 2 fully saturated rings. The average Bonchev–Trinajstić information content (AvgIpc) is 2.52. The van der Waals surface area contributed by atoms with E-state index in [0.29, 0.717) is 18.2 Å². The molecule has 3 atom stereocenters. The van der Waals surface area contributed by atoms with Gasteiger partial charge >= 0.3 is 0 Å². The van der Waals surface area contributed by atoms with Crippen molar-refractivity contribution in [2.24, 2.45) is 0 Å². The van der Waals surface area contributed by atoms with Gasteiger partial charge in [-0.15, -0.1) is 0 Å². The van der Waals surface area contributed by atoms with Crippen LogP contribution in [0.5, 0.6) is 5.88 Å². The minimum Gasteiger partial charge on any atom is -0.474 e. The Morgan fingerprint density at radius 3 is 2.65 bits per heavy atom. The van der Waals surface area contributed by atoms with E-state index in [4.69, 9.17) is 4.74 Å². The maximum absolute atomic E-state index is 6.00. The molecule has 0 amide bonds. The Balaban J connectivity index is 1.67. The number of aromatic nitrogens is 1. The molecule has 3 nitrogen and oxygen atoms in total. The predicted molar refractivity (Wildman–Crippen MR) is 70.2 cm³/mol. The Morgan fingerprint density at radius 1 is 1.29 bits per heavy atom. The number of hydrogen-bond acceptors (Lipinski definition) is 3. The van der Waals surface area contributed by atoms with Gasteiger partial charge in [0.1, 0.15) is 10.7 Å². The Bertz CT molecular complexity index is 398. The second kappa shape index (κ2) is 4.58. The SMILES string of the molecule is CN1[C@@H]2CC[C@H]1C[C@H](Oc1cccc(Br)n1)C2. The van der Waals surface area contributed by atoms with Crippen molar-refractivity contribution in [2.45, 2.75) is 43.9 Å². The Morgan fingerprint density at radius 2 is 2.00 bits per heavy atom. The van der Waals surface area contributed by atoms with Crippen LogP contribution in [0.25, 0.3) is 0 Å². The molecule has 0 spiro atoms. The maximum Gasteiger partial charge on any atom is 0.214 e. The van der Waals surface area contributed by atoms with Crippen molar-refractivity contribution in [1.82, 2.24) is 9.88 Å². The number of halogens is 1. The Hall–Kier alpha value is -0.610. The van der Waals surface area contributed by atoms with Crippen LogP contribution in [0.1, 0.15) is 25.7 Å². The molecular weight excluding hydrogens is 280 g/mol. The summed E-state index contributed by atoms with van der Waals surface area (Å²) < 4.78 is 6.84. The summed E-state index contributed by atoms with van der Waals surface area (Å²) in [6, 6.07) is 7.25. The second-order valence-electron chi connectivity index (χ2n) is 5.06. The first-order valence-electron chi connectivity index (χ1n) is 6.23. The number of pyridine rings is 1. The largest absolute Gasteiger partial charge is 0.474 e. The highest BCUT2D eigenvalue weighted by atomic mass is 79.9. The van der Waals surface area contributed by atoms with Crippen molar-refractivity contribution < 1.29 is 4.74 Å². The number of hydrogen-bond donors (Lipinski definition) is 0. The van der Waals surface area contributed by atoms with Crippen LogP contribution in [0.2, 0.25) is 0 Å². The molecule has 2 aliphatic heterocycles. The second-order valence-corrected chi connectivity index (χ2v) is 5.87. The van der Waals surface area contributed by atoms with Crippen LogP contribution in [-0.4, -0.2) is 35.1 Å². The van der Waals surface area contributed by atoms with Crippen LogP contribution in [-0.2, 0) is 0 Å². The number of piperidine rings is 1. The van der Waals surface area contributed by atoms with Gasteiger partial charge in [-0.05, 0) is 54.7 Å². The van der Waals surface area contributed by atoms with E-state index in [2.05, 4.69) is 32.9 Å². The minimum atomic E-state index is 0.338. The number of nitrogens with zero attached hydrogens (tertiary/aromatic N) is 2. The van der Waals surface area contributed by atoms with Crippen molar-refractivity contribution in [2.75, 3.05) is 7.05 Å². The topological polar surface area (TPSA) is 25.4 Å². The van der Waals surface area contributed by atoms with Gasteiger partial charge in [0.15, 0.2) is 0 Å². The van der Waals surface area contributed by atoms with Gasteiger partial charge in [-0.2, -0.15) is 0 Å². The molecule has 3 rings (SSSR count). The summed E-state index contributed by atoms with van der Waals surface area (Å²) in [6.07, 6.45) is 5.27. The summed E-state index contributed by atoms with van der Waals surface area (Å²) in [5.41, 5.74) is 0. The van der Waals surface area contributed by atoms with E-state index in [9.17, 15) is 0 Å². The van der Waals surface area contributed by atoms with E-state index in [1.807, 2.05) is 18.2 Å². The van der Waals surface area contributed by atoms with Gasteiger partial charge in [-0.25, -0.2) is 4.98 Å². The molecular formula is C13H17BrN2O. The lowest BCUT2D eigenvalue weighted by Crippen LogP contribution is -2.43. The highest BCUT2D eigenvalue weighted by Gasteiger charge is 2.39. The van der Waals surface area contributed by atoms with Gasteiger partial charge in [0.05, 0.1) is 0 Å². The minimum absolute atomic E-state index is 0.338. The van der Waals surface area contributed by atoms with Gasteiger partial charge in [0, 0.05) is 18.2 Å². The zero-order valence-corrected chi connectivity index (χ0v) is 11.6. The zero-order valence-electron chi connectivity index (χ0n) is 9.97. The molecule has 2 aliphatic rings. The molecule has 92 valence electrons. The lowest BCUT2D eigenvalue weighted by Gasteiger charge is -2.36. The van der Waals surface area contributed by atoms with E-state index < -0.39 is 0 Å². The normalized spacial score (nSPS) is 32.7. The third-order valence-electron chi connectivity index (χ3n) is 4.03. The standard InChI is InChI=1S/C13H17BrN2O/c1-16-9-5-6-10(16)8-11(7-9)17-13-4-2-3-12(14)15-13/h2-4,9-11H,5-8H2,1H3/t9-,10+,11-. The quantitative estimate of drug-likeness (QED) is 0.785. The van der Waals surface area contributed by atoms with Crippen molar-refractivity contribution in [3.63, 3.8) is 0 Å². The monoisotopic (exact) mass is 296 g/mol. The van der Waals surface area contributed by atoms with Gasteiger partial charge in [0.2, 0.25) is 5.88 Å². The molecule has 0 unspecified atom stereocenters. The van der Waals surface area contributed by atoms with Crippen molar-refractivity contribution in [1.29, 1.82) is 0 Å². The Kier molecular flexibility index (Phi) is 3.09. The molecule has 0 aromatic carbocycles. The molecule has 0 N–H and O–H groups in total. The zero-order chi connectivity index (χ0) is 11.8. The molecule has 0 aliphatic carbocycles. The third kappa shape index (κ3) is 2.33. The van der Waals surface area contributed by atoms with Crippen LogP contribution < -0.4 is 4.74 Å². The fourth-order valence-electron chi connectivity index (χ4n) is 3.08. The predicted octanol–water partition coefficient (Wildman–Crippen LogP) is 2.85. The molecule has 1 aromatic rings. The summed E-state index contributed by atoms with van der Waals surface area (Å²) >= 11 is 3.37. The van der Waals surface area contributed by atoms with Crippen LogP contribution in [0.15, 0.2) is 22.8 Å². The first-order chi connectivity index (χ1) is 8.22. The van der Waals surface area contributed by atoms with E-state index in [1.165, 1.54) is 12.8 Å². The molecule has 1 aromatic heterocycles. The summed E-state index contributed by atoms with van der Waals surface area (Å²) in [6.45, 7) is 0. The summed E-state index contributed by atoms with van der Waals surface area (Å²) in [5, 5.41) is 0. The molecule has 2 bridgehead atoms. The summed E-state index contributed by atoms with van der Waals surface area (Å²) in [5.74, 6) is 0.744. The van der Waals surface area contributed by atoms with E-state index in [-0.39, 0.29) is 0 Å². The molecule has 0 saturated carbocycles. The molecule has 0 radical (unpaired) electrons. The summed E-state index contributed by atoms with van der Waals surface area (Å²) in [7, 11) is 2.25. The maximum atomic E-state index is 6.00. The average molecular weight is 297 g/mol. The van der Waals surface area contributed by atoms with Gasteiger partial charge < -0.3 is 9.64 Å². The first-order valence-corrected chi connectivity index (χ1v) is 7.03. The molecule has 4 heteroatoms. The molecule has 2 saturated heterocycles. The fourth-order valence-corrected chi connectivity index (χ4v) is 3.41. The van der Waals surface area contributed by atoms with Crippen molar-refractivity contribution in [3.05, 3.63) is 22.8 Å². The van der Waals surface area contributed by atoms with Crippen LogP contribution >= 0.6 is 15.9 Å². The van der Waals surface area contributed by atoms with Crippen LogP contribution in [0.3, 0.4) is 0 Å². The van der Waals surface area contributed by atoms with Gasteiger partial charge in [0.25, 0.3) is 0 Å². The smallest absolute Gasteiger partial charge is 0.214 e. The first kappa shape index (κ1) is 11.5. The fraction of sp³-hybridized carbons (Fsp3) is 0.615. The van der Waals surface area contributed by atoms with Crippen molar-refractivity contribution in [3.8, 4) is 5.88 Å². The molecule has 3 heterocycles. The van der Waals surface area contributed by atoms with E-state index in [1.54, 1.807) is 0 Å². The highest BCUT2D eigenvalue weighted by Crippen LogP contribution is 2.35. The lowest BCUT2D eigenvalue weighted by atomic mass is 10.0. The number of fused-ring (bicyclic) bond motifs is 2. The van der Waals surface area contributed by atoms with E-state index >= 15 is 0 Å². The van der Waals surface area contributed by atoms with E-state index in [0.717, 1.165) is 23.3 Å². The van der Waals surface area contributed by atoms with Gasteiger partial charge in [-0.1, -0.05) is 6.07 Å². The van der Waals surface area contributed by atoms with Crippen molar-refractivity contribution >= 4 is 15.9 Å². The number of ether oxygens (including phenoxy) is 1. The Labute approximate surface area is 110 Å². The van der Waals surface area contributed by atoms with Gasteiger partial charge in [-0.3, -0.25) is 0 Å². The summed E-state index contributed by atoms with van der Waals surface area (Å²) in [4.78, 5) is 6.86. The van der Waals surface area contributed by atoms with Crippen LogP contribution in [0.4, 0.5) is 0 Å². The highest BCUT2D eigenvalue weighted by molar-refractivity contribution is 9.10. The number of rotatable bonds is 2. The molecule has 17 heavy (non-hydrogen) atoms. The third-order valence-corrected chi connectivity index (χ3v) is 4.47. The lowest BCUT2D eigenvalue weighted by molar-refractivity contribution is 0.0632. The van der Waals surface area contributed by atoms with Crippen LogP contribution in [0, 0.1) is 0 Å².